The number of alkyl halides is 5. The molecule has 1 rings (SSSR count). The maximum atomic E-state index is 12.8. The molecule has 1 N–H and O–H groups in total. The lowest BCUT2D eigenvalue weighted by atomic mass is 10.3. The molecule has 1 aromatic rings. The van der Waals surface area contributed by atoms with E-state index in [4.69, 9.17) is 0 Å². The first-order valence-electron chi connectivity index (χ1n) is 4.11. The van der Waals surface area contributed by atoms with Gasteiger partial charge >= 0.3 is 12.2 Å². The van der Waals surface area contributed by atoms with Crippen LogP contribution in [0, 0.1) is 0 Å². The van der Waals surface area contributed by atoms with E-state index in [2.05, 4.69) is 0 Å². The monoisotopic (exact) mass is 226 g/mol. The van der Waals surface area contributed by atoms with E-state index in [1.807, 2.05) is 0 Å². The van der Waals surface area contributed by atoms with Gasteiger partial charge in [-0.3, -0.25) is 0 Å². The molecule has 1 unspecified atom stereocenters. The number of nitrogens with one attached hydrogen (secondary N) is 1. The maximum Gasteiger partial charge on any atom is 0.515 e. The Kier molecular flexibility index (Phi) is 2.99. The van der Waals surface area contributed by atoms with Crippen LogP contribution in [0.4, 0.5) is 27.6 Å². The summed E-state index contributed by atoms with van der Waals surface area (Å²) in [6.45, 7) is 0. The number of halogens is 5. The van der Waals surface area contributed by atoms with E-state index >= 15 is 0 Å². The Labute approximate surface area is 83.1 Å². The summed E-state index contributed by atoms with van der Waals surface area (Å²) in [5.74, 6) is 0. The lowest BCUT2D eigenvalue weighted by Crippen LogP contribution is -3.14. The molecule has 0 fully saturated rings. The van der Waals surface area contributed by atoms with Gasteiger partial charge in [-0.2, -0.15) is 13.2 Å². The van der Waals surface area contributed by atoms with Crippen molar-refractivity contribution >= 4 is 5.69 Å². The van der Waals surface area contributed by atoms with E-state index in [-0.39, 0.29) is 5.69 Å². The third kappa shape index (κ3) is 2.26. The first-order valence-corrected chi connectivity index (χ1v) is 4.11. The van der Waals surface area contributed by atoms with Crippen LogP contribution in [0.2, 0.25) is 0 Å². The topological polar surface area (TPSA) is 4.44 Å². The first kappa shape index (κ1) is 11.9. The average Bonchev–Trinajstić information content (AvgIpc) is 2.16. The standard InChI is InChI=1S/C9H8F5N/c1-15(7-5-3-2-4-6-7)9(13,14)8(10,11)12/h2-6H,1H3/p+1. The second kappa shape index (κ2) is 3.77. The number of para-hydroxylation sites is 1. The molecule has 0 saturated heterocycles. The minimum atomic E-state index is -5.55. The summed E-state index contributed by atoms with van der Waals surface area (Å²) >= 11 is 0. The summed E-state index contributed by atoms with van der Waals surface area (Å²) < 4.78 is 61.7. The fraction of sp³-hybridized carbons (Fsp3) is 0.333. The van der Waals surface area contributed by atoms with Gasteiger partial charge in [-0.25, -0.2) is 4.90 Å². The van der Waals surface area contributed by atoms with Crippen molar-refractivity contribution in [3.05, 3.63) is 30.3 Å². The molecule has 84 valence electrons. The third-order valence-corrected chi connectivity index (χ3v) is 2.03. The SMILES string of the molecule is C[NH+](c1ccccc1)C(F)(F)C(F)(F)F. The van der Waals surface area contributed by atoms with Crippen LogP contribution in [-0.4, -0.2) is 19.3 Å². The zero-order chi connectivity index (χ0) is 11.7. The number of hydrogen-bond acceptors (Lipinski definition) is 0. The number of rotatable bonds is 2. The molecule has 0 radical (unpaired) electrons. The van der Waals surface area contributed by atoms with Gasteiger partial charge < -0.3 is 0 Å². The van der Waals surface area contributed by atoms with Gasteiger partial charge in [-0.05, 0) is 12.1 Å². The van der Waals surface area contributed by atoms with Crippen LogP contribution < -0.4 is 4.90 Å². The van der Waals surface area contributed by atoms with E-state index in [1.54, 1.807) is 6.07 Å². The van der Waals surface area contributed by atoms with Crippen molar-refractivity contribution in [1.82, 2.24) is 0 Å². The molecular formula is C9H9F5N+. The van der Waals surface area contributed by atoms with Crippen molar-refractivity contribution in [2.24, 2.45) is 0 Å². The first-order chi connectivity index (χ1) is 6.77. The molecule has 0 amide bonds. The minimum absolute atomic E-state index is 0.111. The number of hydrogen-bond donors (Lipinski definition) is 1. The molecule has 0 spiro atoms. The second-order valence-corrected chi connectivity index (χ2v) is 3.06. The van der Waals surface area contributed by atoms with Gasteiger partial charge in [-0.15, -0.1) is 8.78 Å². The smallest absolute Gasteiger partial charge is 0.236 e. The molecule has 1 aromatic carbocycles. The fourth-order valence-electron chi connectivity index (χ4n) is 1.08. The van der Waals surface area contributed by atoms with Crippen LogP contribution in [0.25, 0.3) is 0 Å². The molecule has 0 aliphatic rings. The molecule has 15 heavy (non-hydrogen) atoms. The van der Waals surface area contributed by atoms with Gasteiger partial charge in [0, 0.05) is 0 Å². The van der Waals surface area contributed by atoms with Crippen molar-refractivity contribution in [3.8, 4) is 0 Å². The highest BCUT2D eigenvalue weighted by atomic mass is 19.4. The van der Waals surface area contributed by atoms with Crippen molar-refractivity contribution in [1.29, 1.82) is 0 Å². The summed E-state index contributed by atoms with van der Waals surface area (Å²) in [5.41, 5.74) is -0.111. The Bertz CT molecular complexity index is 319. The minimum Gasteiger partial charge on any atom is -0.236 e. The molecular weight excluding hydrogens is 217 g/mol. The molecule has 0 aliphatic heterocycles. The second-order valence-electron chi connectivity index (χ2n) is 3.06. The summed E-state index contributed by atoms with van der Waals surface area (Å²) in [5, 5.41) is 0. The highest BCUT2D eigenvalue weighted by molar-refractivity contribution is 5.28. The molecule has 1 nitrogen and oxygen atoms in total. The van der Waals surface area contributed by atoms with Gasteiger partial charge in [0.15, 0.2) is 0 Å². The van der Waals surface area contributed by atoms with Crippen molar-refractivity contribution in [2.75, 3.05) is 7.05 Å². The molecule has 0 heterocycles. The molecule has 0 bridgehead atoms. The molecule has 0 saturated carbocycles. The summed E-state index contributed by atoms with van der Waals surface area (Å²) in [6.07, 6.45) is -5.55. The van der Waals surface area contributed by atoms with Crippen LogP contribution in [0.1, 0.15) is 0 Å². The Morgan fingerprint density at radius 1 is 0.933 bits per heavy atom. The van der Waals surface area contributed by atoms with Crippen LogP contribution in [0.15, 0.2) is 30.3 Å². The van der Waals surface area contributed by atoms with Crippen molar-refractivity contribution in [2.45, 2.75) is 12.2 Å². The van der Waals surface area contributed by atoms with Crippen LogP contribution >= 0.6 is 0 Å². The average molecular weight is 226 g/mol. The quantitative estimate of drug-likeness (QED) is 0.581. The summed E-state index contributed by atoms with van der Waals surface area (Å²) in [7, 11) is 0.781. The highest BCUT2D eigenvalue weighted by Crippen LogP contribution is 2.31. The Balaban J connectivity index is 3.00. The molecule has 0 aliphatic carbocycles. The number of benzene rings is 1. The predicted octanol–water partition coefficient (Wildman–Crippen LogP) is 1.99. The van der Waals surface area contributed by atoms with Crippen LogP contribution in [0.3, 0.4) is 0 Å². The van der Waals surface area contributed by atoms with E-state index in [1.165, 1.54) is 24.3 Å². The normalized spacial score (nSPS) is 15.1. The maximum absolute atomic E-state index is 12.8. The summed E-state index contributed by atoms with van der Waals surface area (Å²) in [4.78, 5) is -0.990. The zero-order valence-corrected chi connectivity index (χ0v) is 7.78. The molecule has 6 heteroatoms. The Morgan fingerprint density at radius 2 is 1.40 bits per heavy atom. The van der Waals surface area contributed by atoms with E-state index in [0.29, 0.717) is 0 Å². The van der Waals surface area contributed by atoms with E-state index in [0.717, 1.165) is 7.05 Å². The van der Waals surface area contributed by atoms with Gasteiger partial charge in [0.1, 0.15) is 5.69 Å². The van der Waals surface area contributed by atoms with Crippen LogP contribution in [-0.2, 0) is 0 Å². The van der Waals surface area contributed by atoms with Gasteiger partial charge in [0.25, 0.3) is 0 Å². The Hall–Kier alpha value is -1.17. The lowest BCUT2D eigenvalue weighted by Gasteiger charge is -2.24. The molecule has 0 aromatic heterocycles. The third-order valence-electron chi connectivity index (χ3n) is 2.03. The summed E-state index contributed by atoms with van der Waals surface area (Å²) in [6, 6.07) is 2.01. The largest absolute Gasteiger partial charge is 0.515 e. The van der Waals surface area contributed by atoms with Gasteiger partial charge in [0.05, 0.1) is 7.05 Å². The van der Waals surface area contributed by atoms with Crippen molar-refractivity contribution < 1.29 is 26.9 Å². The molecule has 1 atom stereocenters. The van der Waals surface area contributed by atoms with Crippen molar-refractivity contribution in [3.63, 3.8) is 0 Å². The predicted molar refractivity (Wildman–Crippen MR) is 44.0 cm³/mol. The van der Waals surface area contributed by atoms with Gasteiger partial charge in [-0.1, -0.05) is 18.2 Å². The fourth-order valence-corrected chi connectivity index (χ4v) is 1.08. The lowest BCUT2D eigenvalue weighted by molar-refractivity contribution is -0.933. The highest BCUT2D eigenvalue weighted by Gasteiger charge is 2.65. The zero-order valence-electron chi connectivity index (χ0n) is 7.78. The van der Waals surface area contributed by atoms with Crippen LogP contribution in [0.5, 0.6) is 0 Å². The van der Waals surface area contributed by atoms with E-state index < -0.39 is 17.1 Å². The number of quaternary nitrogens is 1. The van der Waals surface area contributed by atoms with Gasteiger partial charge in [0.2, 0.25) is 0 Å². The Morgan fingerprint density at radius 3 is 1.80 bits per heavy atom. The van der Waals surface area contributed by atoms with E-state index in [9.17, 15) is 22.0 Å².